The van der Waals surface area contributed by atoms with Crippen LogP contribution in [0.2, 0.25) is 0 Å². The van der Waals surface area contributed by atoms with E-state index in [1.165, 1.54) is 0 Å². The van der Waals surface area contributed by atoms with Crippen molar-refractivity contribution in [1.82, 2.24) is 15.5 Å². The van der Waals surface area contributed by atoms with Crippen LogP contribution in [0.25, 0.3) is 0 Å². The van der Waals surface area contributed by atoms with Crippen LogP contribution in [-0.2, 0) is 11.3 Å². The fourth-order valence-corrected chi connectivity index (χ4v) is 0.969. The second-order valence-corrected chi connectivity index (χ2v) is 3.52. The molecule has 1 heterocycles. The zero-order chi connectivity index (χ0) is 11.3. The van der Waals surface area contributed by atoms with Crippen molar-refractivity contribution in [2.75, 3.05) is 6.54 Å². The van der Waals surface area contributed by atoms with Crippen molar-refractivity contribution in [2.45, 2.75) is 32.7 Å². The number of nitrogens with zero attached hydrogens (tertiary/aromatic N) is 2. The summed E-state index contributed by atoms with van der Waals surface area (Å²) < 4.78 is 4.99. The largest absolute Gasteiger partial charge is 0.481 e. The fourth-order valence-electron chi connectivity index (χ4n) is 0.969. The van der Waals surface area contributed by atoms with Gasteiger partial charge in [0.25, 0.3) is 0 Å². The van der Waals surface area contributed by atoms with E-state index >= 15 is 0 Å². The highest BCUT2D eigenvalue weighted by Crippen LogP contribution is 2.10. The molecule has 6 nitrogen and oxygen atoms in total. The zero-order valence-electron chi connectivity index (χ0n) is 8.86. The van der Waals surface area contributed by atoms with Gasteiger partial charge in [-0.3, -0.25) is 4.79 Å². The Morgan fingerprint density at radius 1 is 1.60 bits per heavy atom. The number of nitrogens with one attached hydrogen (secondary N) is 1. The van der Waals surface area contributed by atoms with Gasteiger partial charge in [0.1, 0.15) is 0 Å². The van der Waals surface area contributed by atoms with E-state index in [9.17, 15) is 4.79 Å². The monoisotopic (exact) mass is 213 g/mol. The number of aromatic nitrogens is 2. The number of carboxylic acids is 1. The highest BCUT2D eigenvalue weighted by molar-refractivity contribution is 5.66. The highest BCUT2D eigenvalue weighted by atomic mass is 16.5. The molecule has 1 aromatic rings. The quantitative estimate of drug-likeness (QED) is 0.678. The molecule has 15 heavy (non-hydrogen) atoms. The van der Waals surface area contributed by atoms with Crippen LogP contribution in [0.1, 0.15) is 37.9 Å². The standard InChI is InChI=1S/C9H15N3O3/c1-6(2)9-11-7(12-15-9)5-10-4-3-8(13)14/h6,10H,3-5H2,1-2H3,(H,13,14). The van der Waals surface area contributed by atoms with E-state index < -0.39 is 5.97 Å². The van der Waals surface area contributed by atoms with Crippen LogP contribution >= 0.6 is 0 Å². The Morgan fingerprint density at radius 3 is 2.87 bits per heavy atom. The lowest BCUT2D eigenvalue weighted by Crippen LogP contribution is -2.18. The number of hydrogen-bond acceptors (Lipinski definition) is 5. The third-order valence-corrected chi connectivity index (χ3v) is 1.78. The Morgan fingerprint density at radius 2 is 2.33 bits per heavy atom. The van der Waals surface area contributed by atoms with Crippen molar-refractivity contribution in [3.8, 4) is 0 Å². The summed E-state index contributed by atoms with van der Waals surface area (Å²) in [4.78, 5) is 14.4. The topological polar surface area (TPSA) is 88.2 Å². The van der Waals surface area contributed by atoms with Crippen LogP contribution in [0.3, 0.4) is 0 Å². The lowest BCUT2D eigenvalue weighted by atomic mass is 10.2. The van der Waals surface area contributed by atoms with Crippen molar-refractivity contribution in [2.24, 2.45) is 0 Å². The van der Waals surface area contributed by atoms with Gasteiger partial charge in [0.15, 0.2) is 5.82 Å². The normalized spacial score (nSPS) is 10.9. The molecule has 1 rings (SSSR count). The minimum absolute atomic E-state index is 0.0922. The number of hydrogen-bond donors (Lipinski definition) is 2. The van der Waals surface area contributed by atoms with Crippen LogP contribution < -0.4 is 5.32 Å². The molecule has 0 fully saturated rings. The van der Waals surface area contributed by atoms with Crippen molar-refractivity contribution in [1.29, 1.82) is 0 Å². The van der Waals surface area contributed by atoms with Gasteiger partial charge in [0.05, 0.1) is 13.0 Å². The Labute approximate surface area is 87.7 Å². The molecule has 1 aromatic heterocycles. The van der Waals surface area contributed by atoms with Gasteiger partial charge in [-0.25, -0.2) is 0 Å². The molecule has 0 bridgehead atoms. The molecule has 0 radical (unpaired) electrons. The Balaban J connectivity index is 2.28. The van der Waals surface area contributed by atoms with Crippen molar-refractivity contribution < 1.29 is 14.4 Å². The molecule has 84 valence electrons. The predicted molar refractivity (Wildman–Crippen MR) is 52.3 cm³/mol. The maximum absolute atomic E-state index is 10.2. The van der Waals surface area contributed by atoms with E-state index in [0.29, 0.717) is 24.8 Å². The molecule has 0 unspecified atom stereocenters. The SMILES string of the molecule is CC(C)c1nc(CNCCC(=O)O)no1. The van der Waals surface area contributed by atoms with Crippen molar-refractivity contribution >= 4 is 5.97 Å². The van der Waals surface area contributed by atoms with E-state index in [-0.39, 0.29) is 12.3 Å². The van der Waals surface area contributed by atoms with Gasteiger partial charge >= 0.3 is 5.97 Å². The van der Waals surface area contributed by atoms with Gasteiger partial charge in [-0.2, -0.15) is 4.98 Å². The van der Waals surface area contributed by atoms with E-state index in [1.54, 1.807) is 0 Å². The first-order valence-corrected chi connectivity index (χ1v) is 4.84. The first-order valence-electron chi connectivity index (χ1n) is 4.84. The molecule has 6 heteroatoms. The van der Waals surface area contributed by atoms with Crippen LogP contribution in [0.5, 0.6) is 0 Å². The zero-order valence-corrected chi connectivity index (χ0v) is 8.86. The highest BCUT2D eigenvalue weighted by Gasteiger charge is 2.09. The lowest BCUT2D eigenvalue weighted by molar-refractivity contribution is -0.136. The van der Waals surface area contributed by atoms with Crippen molar-refractivity contribution in [3.63, 3.8) is 0 Å². The van der Waals surface area contributed by atoms with E-state index in [2.05, 4.69) is 15.5 Å². The first-order chi connectivity index (χ1) is 7.09. The second kappa shape index (κ2) is 5.45. The van der Waals surface area contributed by atoms with Crippen LogP contribution in [0, 0.1) is 0 Å². The maximum Gasteiger partial charge on any atom is 0.304 e. The molecule has 0 amide bonds. The Bertz CT molecular complexity index is 322. The minimum Gasteiger partial charge on any atom is -0.481 e. The van der Waals surface area contributed by atoms with E-state index in [1.807, 2.05) is 13.8 Å². The summed E-state index contributed by atoms with van der Waals surface area (Å²) in [7, 11) is 0. The Hall–Kier alpha value is -1.43. The average molecular weight is 213 g/mol. The van der Waals surface area contributed by atoms with Gasteiger partial charge < -0.3 is 14.9 Å². The number of rotatable bonds is 6. The average Bonchev–Trinajstić information content (AvgIpc) is 2.60. The first kappa shape index (κ1) is 11.6. The fraction of sp³-hybridized carbons (Fsp3) is 0.667. The van der Waals surface area contributed by atoms with Crippen LogP contribution in [0.4, 0.5) is 0 Å². The molecule has 0 atom stereocenters. The van der Waals surface area contributed by atoms with Crippen molar-refractivity contribution in [3.05, 3.63) is 11.7 Å². The van der Waals surface area contributed by atoms with Gasteiger partial charge in [0, 0.05) is 12.5 Å². The van der Waals surface area contributed by atoms with Crippen LogP contribution in [-0.4, -0.2) is 27.8 Å². The molecule has 2 N–H and O–H groups in total. The molecule has 0 spiro atoms. The summed E-state index contributed by atoms with van der Waals surface area (Å²) in [5.74, 6) is 0.554. The smallest absolute Gasteiger partial charge is 0.304 e. The van der Waals surface area contributed by atoms with Gasteiger partial charge in [-0.15, -0.1) is 0 Å². The molecular formula is C9H15N3O3. The number of carbonyl (C=O) groups is 1. The molecule has 0 aliphatic carbocycles. The number of aliphatic carboxylic acids is 1. The third-order valence-electron chi connectivity index (χ3n) is 1.78. The van der Waals surface area contributed by atoms with E-state index in [0.717, 1.165) is 0 Å². The molecule has 0 saturated heterocycles. The van der Waals surface area contributed by atoms with Gasteiger partial charge in [-0.1, -0.05) is 19.0 Å². The molecule has 0 aromatic carbocycles. The van der Waals surface area contributed by atoms with Gasteiger partial charge in [-0.05, 0) is 0 Å². The van der Waals surface area contributed by atoms with Gasteiger partial charge in [0.2, 0.25) is 5.89 Å². The summed E-state index contributed by atoms with van der Waals surface area (Å²) in [6.45, 7) is 4.77. The molecule has 0 aliphatic rings. The van der Waals surface area contributed by atoms with E-state index in [4.69, 9.17) is 9.63 Å². The third kappa shape index (κ3) is 4.07. The summed E-state index contributed by atoms with van der Waals surface area (Å²) >= 11 is 0. The second-order valence-electron chi connectivity index (χ2n) is 3.52. The Kier molecular flexibility index (Phi) is 4.23. The van der Waals surface area contributed by atoms with Crippen LogP contribution in [0.15, 0.2) is 4.52 Å². The number of carboxylic acid groups (broad SMARTS) is 1. The predicted octanol–water partition coefficient (Wildman–Crippen LogP) is 0.757. The minimum atomic E-state index is -0.821. The lowest BCUT2D eigenvalue weighted by Gasteiger charge is -1.97. The molecular weight excluding hydrogens is 198 g/mol. The molecule has 0 saturated carbocycles. The molecule has 0 aliphatic heterocycles. The summed E-state index contributed by atoms with van der Waals surface area (Å²) in [6, 6.07) is 0. The summed E-state index contributed by atoms with van der Waals surface area (Å²) in [5, 5.41) is 15.1. The summed E-state index contributed by atoms with van der Waals surface area (Å²) in [5.41, 5.74) is 0. The summed E-state index contributed by atoms with van der Waals surface area (Å²) in [6.07, 6.45) is 0.0922. The maximum atomic E-state index is 10.2.